The number of hydrazone groups is 1. The molecule has 0 aliphatic heterocycles. The van der Waals surface area contributed by atoms with Crippen molar-refractivity contribution in [1.82, 2.24) is 5.43 Å². The fourth-order valence-electron chi connectivity index (χ4n) is 2.89. The number of ether oxygens (including phenoxy) is 3. The molecule has 0 aromatic heterocycles. The second kappa shape index (κ2) is 11.7. The number of nitrogens with two attached hydrogens (primary N) is 1. The Labute approximate surface area is 202 Å². The van der Waals surface area contributed by atoms with E-state index in [-0.39, 0.29) is 12.5 Å². The molecule has 9 heteroatoms. The maximum atomic E-state index is 12.4. The molecule has 0 aliphatic carbocycles. The van der Waals surface area contributed by atoms with Gasteiger partial charge in [0.15, 0.2) is 18.1 Å². The molecule has 0 atom stereocenters. The third kappa shape index (κ3) is 6.98. The molecule has 0 spiro atoms. The van der Waals surface area contributed by atoms with Crippen molar-refractivity contribution in [2.24, 2.45) is 10.8 Å². The first-order valence-corrected chi connectivity index (χ1v) is 10.6. The van der Waals surface area contributed by atoms with Crippen LogP contribution in [0.2, 0.25) is 5.02 Å². The highest BCUT2D eigenvalue weighted by Crippen LogP contribution is 2.27. The molecule has 3 aromatic rings. The summed E-state index contributed by atoms with van der Waals surface area (Å²) in [5, 5.41) is 4.67. The highest BCUT2D eigenvalue weighted by molar-refractivity contribution is 6.31. The van der Waals surface area contributed by atoms with E-state index in [4.69, 9.17) is 31.5 Å². The van der Waals surface area contributed by atoms with Crippen molar-refractivity contribution in [3.8, 4) is 17.2 Å². The standard InChI is InChI=1S/C25H24ClN3O5/c1-16-11-20(8-9-21(16)26)33-14-17-3-6-19(7-4-17)25(31)29-28-13-18-5-10-22(23(12-18)32-2)34-15-24(27)30/h3-13H,14-15H2,1-2H3,(H2,27,30)(H,29,31)/b28-13+. The van der Waals surface area contributed by atoms with Crippen molar-refractivity contribution < 1.29 is 23.8 Å². The maximum Gasteiger partial charge on any atom is 0.271 e. The van der Waals surface area contributed by atoms with E-state index in [9.17, 15) is 9.59 Å². The lowest BCUT2D eigenvalue weighted by molar-refractivity contribution is -0.119. The predicted octanol–water partition coefficient (Wildman–Crippen LogP) is 3.86. The Bertz CT molecular complexity index is 1200. The molecule has 0 aliphatic rings. The molecule has 0 heterocycles. The van der Waals surface area contributed by atoms with Gasteiger partial charge in [-0.25, -0.2) is 5.43 Å². The molecule has 3 N–H and O–H groups in total. The van der Waals surface area contributed by atoms with Crippen molar-refractivity contribution in [2.75, 3.05) is 13.7 Å². The Hall–Kier alpha value is -4.04. The van der Waals surface area contributed by atoms with Crippen LogP contribution >= 0.6 is 11.6 Å². The van der Waals surface area contributed by atoms with Crippen molar-refractivity contribution in [3.63, 3.8) is 0 Å². The van der Waals surface area contributed by atoms with Gasteiger partial charge in [0.1, 0.15) is 12.4 Å². The Balaban J connectivity index is 1.54. The lowest BCUT2D eigenvalue weighted by Crippen LogP contribution is -2.20. The number of benzene rings is 3. The number of carbonyl (C=O) groups excluding carboxylic acids is 2. The molecule has 0 bridgehead atoms. The molecule has 2 amide bonds. The minimum atomic E-state index is -0.590. The van der Waals surface area contributed by atoms with E-state index in [1.54, 1.807) is 36.4 Å². The Morgan fingerprint density at radius 1 is 1.03 bits per heavy atom. The number of nitrogens with zero attached hydrogens (tertiary/aromatic N) is 1. The van der Waals surface area contributed by atoms with Gasteiger partial charge >= 0.3 is 0 Å². The smallest absolute Gasteiger partial charge is 0.271 e. The number of hydrogen-bond donors (Lipinski definition) is 2. The van der Waals surface area contributed by atoms with Crippen LogP contribution in [0, 0.1) is 6.92 Å². The van der Waals surface area contributed by atoms with Crippen LogP contribution in [-0.4, -0.2) is 31.7 Å². The fraction of sp³-hybridized carbons (Fsp3) is 0.160. The first kappa shape index (κ1) is 24.6. The van der Waals surface area contributed by atoms with Crippen LogP contribution in [0.3, 0.4) is 0 Å². The third-order valence-corrected chi connectivity index (χ3v) is 5.11. The molecule has 34 heavy (non-hydrogen) atoms. The quantitative estimate of drug-likeness (QED) is 0.337. The van der Waals surface area contributed by atoms with Crippen LogP contribution in [0.1, 0.15) is 27.0 Å². The van der Waals surface area contributed by atoms with Crippen LogP contribution in [0.15, 0.2) is 65.8 Å². The summed E-state index contributed by atoms with van der Waals surface area (Å²) in [5.74, 6) is 0.557. The van der Waals surface area contributed by atoms with Crippen LogP contribution in [0.25, 0.3) is 0 Å². The first-order valence-electron chi connectivity index (χ1n) is 10.3. The van der Waals surface area contributed by atoms with E-state index < -0.39 is 5.91 Å². The summed E-state index contributed by atoms with van der Waals surface area (Å²) in [6, 6.07) is 17.5. The molecule has 0 fully saturated rings. The minimum absolute atomic E-state index is 0.258. The number of carbonyl (C=O) groups is 2. The number of primary amides is 1. The topological polar surface area (TPSA) is 112 Å². The molecular formula is C25H24ClN3O5. The summed E-state index contributed by atoms with van der Waals surface area (Å²) in [6.07, 6.45) is 1.47. The largest absolute Gasteiger partial charge is 0.493 e. The number of rotatable bonds is 10. The Morgan fingerprint density at radius 3 is 2.47 bits per heavy atom. The average Bonchev–Trinajstić information content (AvgIpc) is 2.84. The first-order chi connectivity index (χ1) is 16.4. The Kier molecular flexibility index (Phi) is 8.48. The summed E-state index contributed by atoms with van der Waals surface area (Å²) < 4.78 is 16.3. The van der Waals surface area contributed by atoms with Gasteiger partial charge in [-0.15, -0.1) is 0 Å². The van der Waals surface area contributed by atoms with E-state index in [1.807, 2.05) is 31.2 Å². The van der Waals surface area contributed by atoms with Crippen molar-refractivity contribution >= 4 is 29.6 Å². The molecule has 0 saturated heterocycles. The monoisotopic (exact) mass is 481 g/mol. The summed E-state index contributed by atoms with van der Waals surface area (Å²) >= 11 is 6.03. The second-order valence-electron chi connectivity index (χ2n) is 7.26. The van der Waals surface area contributed by atoms with Gasteiger partial charge < -0.3 is 19.9 Å². The zero-order valence-electron chi connectivity index (χ0n) is 18.7. The number of halogens is 1. The highest BCUT2D eigenvalue weighted by Gasteiger charge is 2.08. The van der Waals surface area contributed by atoms with Crippen LogP contribution < -0.4 is 25.4 Å². The molecule has 0 radical (unpaired) electrons. The normalized spacial score (nSPS) is 10.7. The van der Waals surface area contributed by atoms with Gasteiger partial charge in [-0.1, -0.05) is 23.7 Å². The van der Waals surface area contributed by atoms with Gasteiger partial charge in [0.25, 0.3) is 11.8 Å². The van der Waals surface area contributed by atoms with Gasteiger partial charge in [-0.3, -0.25) is 9.59 Å². The van der Waals surface area contributed by atoms with Gasteiger partial charge in [0.2, 0.25) is 0 Å². The summed E-state index contributed by atoms with van der Waals surface area (Å²) in [6.45, 7) is 2.02. The number of methoxy groups -OCH3 is 1. The predicted molar refractivity (Wildman–Crippen MR) is 130 cm³/mol. The average molecular weight is 482 g/mol. The molecular weight excluding hydrogens is 458 g/mol. The van der Waals surface area contributed by atoms with Gasteiger partial charge in [-0.2, -0.15) is 5.10 Å². The molecule has 0 unspecified atom stereocenters. The van der Waals surface area contributed by atoms with E-state index in [0.717, 1.165) is 16.9 Å². The number of nitrogens with one attached hydrogen (secondary N) is 1. The molecule has 3 rings (SSSR count). The van der Waals surface area contributed by atoms with Gasteiger partial charge in [-0.05, 0) is 72.1 Å². The summed E-state index contributed by atoms with van der Waals surface area (Å²) in [5.41, 5.74) is 10.5. The van der Waals surface area contributed by atoms with Crippen LogP contribution in [0.4, 0.5) is 0 Å². The molecule has 0 saturated carbocycles. The third-order valence-electron chi connectivity index (χ3n) is 4.69. The summed E-state index contributed by atoms with van der Waals surface area (Å²) in [4.78, 5) is 23.2. The lowest BCUT2D eigenvalue weighted by atomic mass is 10.1. The Morgan fingerprint density at radius 2 is 1.79 bits per heavy atom. The van der Waals surface area contributed by atoms with Crippen molar-refractivity contribution in [2.45, 2.75) is 13.5 Å². The molecule has 3 aromatic carbocycles. The number of aryl methyl sites for hydroxylation is 1. The SMILES string of the molecule is COc1cc(/C=N/NC(=O)c2ccc(COc3ccc(Cl)c(C)c3)cc2)ccc1OCC(N)=O. The van der Waals surface area contributed by atoms with E-state index in [0.29, 0.717) is 34.3 Å². The zero-order valence-corrected chi connectivity index (χ0v) is 19.5. The highest BCUT2D eigenvalue weighted by atomic mass is 35.5. The van der Waals surface area contributed by atoms with Crippen molar-refractivity contribution in [3.05, 3.63) is 87.9 Å². The summed E-state index contributed by atoms with van der Waals surface area (Å²) in [7, 11) is 1.47. The number of hydrogen-bond acceptors (Lipinski definition) is 6. The van der Waals surface area contributed by atoms with E-state index in [2.05, 4.69) is 10.5 Å². The minimum Gasteiger partial charge on any atom is -0.493 e. The lowest BCUT2D eigenvalue weighted by Gasteiger charge is -2.09. The second-order valence-corrected chi connectivity index (χ2v) is 7.67. The molecule has 176 valence electrons. The maximum absolute atomic E-state index is 12.4. The van der Waals surface area contributed by atoms with Crippen molar-refractivity contribution in [1.29, 1.82) is 0 Å². The van der Waals surface area contributed by atoms with Crippen LogP contribution in [-0.2, 0) is 11.4 Å². The van der Waals surface area contributed by atoms with Crippen LogP contribution in [0.5, 0.6) is 17.2 Å². The van der Waals surface area contributed by atoms with Gasteiger partial charge in [0, 0.05) is 10.6 Å². The van der Waals surface area contributed by atoms with E-state index >= 15 is 0 Å². The van der Waals surface area contributed by atoms with Gasteiger partial charge in [0.05, 0.1) is 13.3 Å². The number of amides is 2. The zero-order chi connectivity index (χ0) is 24.5. The van der Waals surface area contributed by atoms with E-state index in [1.165, 1.54) is 13.3 Å². The fourth-order valence-corrected chi connectivity index (χ4v) is 3.01. The molecule has 8 nitrogen and oxygen atoms in total.